The molecule has 0 saturated carbocycles. The Morgan fingerprint density at radius 1 is 0.977 bits per heavy atom. The fourth-order valence-corrected chi connectivity index (χ4v) is 5.68. The molecule has 0 radical (unpaired) electrons. The van der Waals surface area contributed by atoms with Crippen molar-refractivity contribution in [1.82, 2.24) is 25.3 Å². The molecule has 2 fully saturated rings. The summed E-state index contributed by atoms with van der Waals surface area (Å²) in [4.78, 5) is 39.2. The number of benzene rings is 2. The minimum absolute atomic E-state index is 0.0346. The standard InChI is InChI=1S/C28H25F6N5O4S/c1-15-36-37-26(44-15)16-4-6-21(7-5-16)43-22-8-17(25(42)35-20-10-24(41)39(13-20)14-27(29,30)31)2-3-18(22)11-38-12-19(9-23(38)40)28(32,33)34/h2-8,19-20H,9-14H2,1H3,(H,35,42)/t19?,20-/m0/s1. The fourth-order valence-electron chi connectivity index (χ4n) is 4.98. The summed E-state index contributed by atoms with van der Waals surface area (Å²) in [5, 5.41) is 12.1. The number of hydrogen-bond acceptors (Lipinski definition) is 7. The summed E-state index contributed by atoms with van der Waals surface area (Å²) in [5.41, 5.74) is 1.13. The van der Waals surface area contributed by atoms with Crippen molar-refractivity contribution in [3.05, 3.63) is 58.6 Å². The van der Waals surface area contributed by atoms with Crippen LogP contribution in [0.3, 0.4) is 0 Å². The van der Waals surface area contributed by atoms with E-state index < -0.39 is 61.5 Å². The summed E-state index contributed by atoms with van der Waals surface area (Å²) in [6.07, 6.45) is -10.1. The van der Waals surface area contributed by atoms with Crippen LogP contribution in [0.2, 0.25) is 0 Å². The van der Waals surface area contributed by atoms with E-state index in [-0.39, 0.29) is 30.8 Å². The molecule has 0 spiro atoms. The fraction of sp³-hybridized carbons (Fsp3) is 0.393. The average molecular weight is 642 g/mol. The minimum atomic E-state index is -4.58. The van der Waals surface area contributed by atoms with E-state index in [4.69, 9.17) is 4.74 Å². The monoisotopic (exact) mass is 641 g/mol. The highest BCUT2D eigenvalue weighted by atomic mass is 32.1. The molecule has 2 saturated heterocycles. The lowest BCUT2D eigenvalue weighted by molar-refractivity contribution is -0.171. The maximum absolute atomic E-state index is 13.3. The van der Waals surface area contributed by atoms with E-state index >= 15 is 0 Å². The van der Waals surface area contributed by atoms with Crippen LogP contribution in [0.1, 0.15) is 33.8 Å². The molecule has 2 aromatic carbocycles. The zero-order valence-electron chi connectivity index (χ0n) is 23.0. The predicted molar refractivity (Wildman–Crippen MR) is 145 cm³/mol. The van der Waals surface area contributed by atoms with Gasteiger partial charge in [0.1, 0.15) is 28.1 Å². The topological polar surface area (TPSA) is 105 Å². The van der Waals surface area contributed by atoms with Crippen molar-refractivity contribution in [2.45, 2.75) is 44.7 Å². The zero-order valence-corrected chi connectivity index (χ0v) is 23.9. The highest BCUT2D eigenvalue weighted by molar-refractivity contribution is 7.14. The van der Waals surface area contributed by atoms with Gasteiger partial charge in [0.05, 0.1) is 12.0 Å². The molecule has 0 aliphatic carbocycles. The summed E-state index contributed by atoms with van der Waals surface area (Å²) in [5.74, 6) is -3.50. The maximum atomic E-state index is 13.3. The van der Waals surface area contributed by atoms with Crippen LogP contribution in [0, 0.1) is 12.8 Å². The zero-order chi connectivity index (χ0) is 31.8. The smallest absolute Gasteiger partial charge is 0.406 e. The van der Waals surface area contributed by atoms with Crippen molar-refractivity contribution in [3.8, 4) is 22.1 Å². The first-order valence-electron chi connectivity index (χ1n) is 13.4. The van der Waals surface area contributed by atoms with Crippen molar-refractivity contribution < 1.29 is 45.5 Å². The lowest BCUT2D eigenvalue weighted by Crippen LogP contribution is -2.39. The lowest BCUT2D eigenvalue weighted by Gasteiger charge is -2.21. The van der Waals surface area contributed by atoms with Crippen LogP contribution < -0.4 is 10.1 Å². The minimum Gasteiger partial charge on any atom is -0.457 e. The van der Waals surface area contributed by atoms with Gasteiger partial charge in [0.25, 0.3) is 5.91 Å². The number of carbonyl (C=O) groups is 3. The summed E-state index contributed by atoms with van der Waals surface area (Å²) in [6, 6.07) is 9.99. The Balaban J connectivity index is 1.36. The number of aromatic nitrogens is 2. The second-order valence-electron chi connectivity index (χ2n) is 10.6. The van der Waals surface area contributed by atoms with Crippen LogP contribution >= 0.6 is 11.3 Å². The second-order valence-corrected chi connectivity index (χ2v) is 11.7. The number of rotatable bonds is 8. The summed E-state index contributed by atoms with van der Waals surface area (Å²) >= 11 is 1.39. The number of likely N-dealkylation sites (tertiary alicyclic amines) is 2. The number of alkyl halides is 6. The first-order chi connectivity index (χ1) is 20.6. The Hall–Kier alpha value is -4.21. The van der Waals surface area contributed by atoms with Crippen LogP contribution in [0.4, 0.5) is 26.3 Å². The van der Waals surface area contributed by atoms with Gasteiger partial charge in [-0.3, -0.25) is 14.4 Å². The van der Waals surface area contributed by atoms with Crippen LogP contribution in [-0.2, 0) is 16.1 Å². The number of hydrogen-bond donors (Lipinski definition) is 1. The largest absolute Gasteiger partial charge is 0.457 e. The van der Waals surface area contributed by atoms with Crippen molar-refractivity contribution >= 4 is 29.1 Å². The van der Waals surface area contributed by atoms with Crippen molar-refractivity contribution in [2.24, 2.45) is 5.92 Å². The summed E-state index contributed by atoms with van der Waals surface area (Å²) in [6.45, 7) is -0.664. The van der Waals surface area contributed by atoms with Gasteiger partial charge in [-0.2, -0.15) is 26.3 Å². The van der Waals surface area contributed by atoms with Gasteiger partial charge < -0.3 is 19.9 Å². The Labute approximate surface area is 250 Å². The van der Waals surface area contributed by atoms with Crippen LogP contribution in [-0.4, -0.2) is 75.7 Å². The van der Waals surface area contributed by atoms with Gasteiger partial charge in [0, 0.05) is 49.2 Å². The van der Waals surface area contributed by atoms with E-state index in [0.29, 0.717) is 21.2 Å². The molecule has 234 valence electrons. The van der Waals surface area contributed by atoms with Gasteiger partial charge in [-0.1, -0.05) is 17.4 Å². The average Bonchev–Trinajstić information content (AvgIpc) is 3.63. The third-order valence-corrected chi connectivity index (χ3v) is 8.03. The van der Waals surface area contributed by atoms with E-state index in [0.717, 1.165) is 15.5 Å². The van der Waals surface area contributed by atoms with Gasteiger partial charge in [-0.15, -0.1) is 10.2 Å². The Kier molecular flexibility index (Phi) is 8.55. The maximum Gasteiger partial charge on any atom is 0.406 e. The third kappa shape index (κ3) is 7.46. The van der Waals surface area contributed by atoms with Crippen LogP contribution in [0.25, 0.3) is 10.6 Å². The van der Waals surface area contributed by atoms with Gasteiger partial charge in [-0.05, 0) is 43.3 Å². The molecule has 3 heterocycles. The molecule has 2 aliphatic heterocycles. The van der Waals surface area contributed by atoms with Crippen molar-refractivity contribution in [1.29, 1.82) is 0 Å². The number of halogens is 6. The van der Waals surface area contributed by atoms with Gasteiger partial charge in [0.2, 0.25) is 11.8 Å². The van der Waals surface area contributed by atoms with Gasteiger partial charge >= 0.3 is 12.4 Å². The Bertz CT molecular complexity index is 1560. The first kappa shape index (κ1) is 31.2. The number of amides is 3. The number of ether oxygens (including phenoxy) is 1. The van der Waals surface area contributed by atoms with Gasteiger partial charge in [-0.25, -0.2) is 0 Å². The molecular weight excluding hydrogens is 616 g/mol. The van der Waals surface area contributed by atoms with E-state index in [1.54, 1.807) is 24.3 Å². The Morgan fingerprint density at radius 2 is 1.68 bits per heavy atom. The summed E-state index contributed by atoms with van der Waals surface area (Å²) in [7, 11) is 0. The highest BCUT2D eigenvalue weighted by Gasteiger charge is 2.47. The molecule has 5 rings (SSSR count). The van der Waals surface area contributed by atoms with E-state index in [1.807, 2.05) is 6.92 Å². The van der Waals surface area contributed by atoms with Crippen molar-refractivity contribution in [2.75, 3.05) is 19.6 Å². The van der Waals surface area contributed by atoms with Gasteiger partial charge in [0.15, 0.2) is 0 Å². The molecule has 3 aromatic rings. The molecule has 2 atom stereocenters. The number of carbonyl (C=O) groups excluding carboxylic acids is 3. The molecule has 1 N–H and O–H groups in total. The normalized spacial score (nSPS) is 19.2. The van der Waals surface area contributed by atoms with Crippen LogP contribution in [0.15, 0.2) is 42.5 Å². The summed E-state index contributed by atoms with van der Waals surface area (Å²) < 4.78 is 84.2. The molecule has 0 bridgehead atoms. The molecular formula is C28H25F6N5O4S. The van der Waals surface area contributed by atoms with E-state index in [9.17, 15) is 40.7 Å². The molecule has 1 aromatic heterocycles. The molecule has 44 heavy (non-hydrogen) atoms. The number of nitrogens with one attached hydrogen (secondary N) is 1. The quantitative estimate of drug-likeness (QED) is 0.343. The number of aryl methyl sites for hydroxylation is 1. The number of nitrogens with zero attached hydrogens (tertiary/aromatic N) is 4. The molecule has 2 aliphatic rings. The molecule has 16 heteroatoms. The van der Waals surface area contributed by atoms with Crippen molar-refractivity contribution in [3.63, 3.8) is 0 Å². The predicted octanol–water partition coefficient (Wildman–Crippen LogP) is 5.11. The van der Waals surface area contributed by atoms with Crippen LogP contribution in [0.5, 0.6) is 11.5 Å². The second kappa shape index (κ2) is 12.1. The van der Waals surface area contributed by atoms with E-state index in [2.05, 4.69) is 15.5 Å². The molecule has 1 unspecified atom stereocenters. The third-order valence-electron chi connectivity index (χ3n) is 7.14. The SMILES string of the molecule is Cc1nnc(-c2ccc(Oc3cc(C(=O)N[C@H]4CC(=O)N(CC(F)(F)F)C4)ccc3CN3CC(C(F)(F)F)CC3=O)cc2)s1. The first-order valence-corrected chi connectivity index (χ1v) is 14.2. The molecule has 9 nitrogen and oxygen atoms in total. The Morgan fingerprint density at radius 3 is 2.30 bits per heavy atom. The van der Waals surface area contributed by atoms with E-state index in [1.165, 1.54) is 29.5 Å². The molecule has 3 amide bonds. The highest BCUT2D eigenvalue weighted by Crippen LogP contribution is 2.36. The lowest BCUT2D eigenvalue weighted by atomic mass is 10.1.